The molecular formula is C20H24ClN5O3. The van der Waals surface area contributed by atoms with Gasteiger partial charge in [0.1, 0.15) is 0 Å². The van der Waals surface area contributed by atoms with Gasteiger partial charge in [0.15, 0.2) is 0 Å². The maximum absolute atomic E-state index is 6.28. The van der Waals surface area contributed by atoms with E-state index in [2.05, 4.69) is 31.9 Å². The Morgan fingerprint density at radius 2 is 1.79 bits per heavy atom. The Hall–Kier alpha value is -2.00. The van der Waals surface area contributed by atoms with Gasteiger partial charge in [0.05, 0.1) is 51.2 Å². The average Bonchev–Trinajstić information content (AvgIpc) is 2.98. The molecule has 1 aromatic carbocycles. The summed E-state index contributed by atoms with van der Waals surface area (Å²) in [5.74, 6) is 1.21. The Kier molecular flexibility index (Phi) is 5.50. The number of hydrogen-bond acceptors (Lipinski definition) is 8. The quantitative estimate of drug-likeness (QED) is 0.730. The predicted octanol–water partition coefficient (Wildman–Crippen LogP) is 1.92. The Morgan fingerprint density at radius 1 is 1.00 bits per heavy atom. The second-order valence-electron chi connectivity index (χ2n) is 7.54. The highest BCUT2D eigenvalue weighted by atomic mass is 35.5. The zero-order chi connectivity index (χ0) is 19.6. The lowest BCUT2D eigenvalue weighted by atomic mass is 10.1. The number of anilines is 2. The van der Waals surface area contributed by atoms with Crippen LogP contribution in [0.1, 0.15) is 12.0 Å². The fourth-order valence-electron chi connectivity index (χ4n) is 4.27. The van der Waals surface area contributed by atoms with E-state index in [1.54, 1.807) is 0 Å². The molecule has 0 N–H and O–H groups in total. The molecule has 0 unspecified atom stereocenters. The largest absolute Gasteiger partial charge is 0.378 e. The molecule has 1 aromatic heterocycles. The topological polar surface area (TPSA) is 72.8 Å². The number of benzene rings is 1. The van der Waals surface area contributed by atoms with E-state index < -0.39 is 0 Å². The van der Waals surface area contributed by atoms with Gasteiger partial charge >= 0.3 is 0 Å². The van der Waals surface area contributed by atoms with Crippen LogP contribution >= 0.6 is 11.6 Å². The maximum atomic E-state index is 6.28. The summed E-state index contributed by atoms with van der Waals surface area (Å²) < 4.78 is 17.5. The van der Waals surface area contributed by atoms with Crippen molar-refractivity contribution in [1.82, 2.24) is 15.0 Å². The SMILES string of the molecule is Clc1nc(N2CCOCC2)nc(N2[C@H]3COC[C@@H]2[C@@H](OCc2ccccc2)C3)n1. The first-order valence-corrected chi connectivity index (χ1v) is 10.4. The van der Waals surface area contributed by atoms with Crippen molar-refractivity contribution in [3.63, 3.8) is 0 Å². The van der Waals surface area contributed by atoms with Gasteiger partial charge in [0.2, 0.25) is 17.2 Å². The molecule has 3 fully saturated rings. The van der Waals surface area contributed by atoms with Gasteiger partial charge in [0.25, 0.3) is 0 Å². The zero-order valence-corrected chi connectivity index (χ0v) is 16.9. The van der Waals surface area contributed by atoms with Crippen LogP contribution in [0.15, 0.2) is 30.3 Å². The third-order valence-electron chi connectivity index (χ3n) is 5.70. The summed E-state index contributed by atoms with van der Waals surface area (Å²) >= 11 is 6.27. The number of nitrogens with zero attached hydrogens (tertiary/aromatic N) is 5. The van der Waals surface area contributed by atoms with Crippen LogP contribution in [0.4, 0.5) is 11.9 Å². The molecule has 154 valence electrons. The normalized spacial score (nSPS) is 26.7. The molecule has 29 heavy (non-hydrogen) atoms. The number of ether oxygens (including phenoxy) is 3. The van der Waals surface area contributed by atoms with Gasteiger partial charge in [-0.1, -0.05) is 30.3 Å². The molecule has 0 amide bonds. The summed E-state index contributed by atoms with van der Waals surface area (Å²) in [6, 6.07) is 10.5. The van der Waals surface area contributed by atoms with Gasteiger partial charge in [0, 0.05) is 13.1 Å². The van der Waals surface area contributed by atoms with E-state index in [0.29, 0.717) is 44.9 Å². The Morgan fingerprint density at radius 3 is 2.62 bits per heavy atom. The molecular weight excluding hydrogens is 394 g/mol. The Balaban J connectivity index is 1.35. The van der Waals surface area contributed by atoms with Crippen LogP contribution in [0, 0.1) is 0 Å². The van der Waals surface area contributed by atoms with E-state index in [-0.39, 0.29) is 23.5 Å². The van der Waals surface area contributed by atoms with Crippen molar-refractivity contribution in [2.75, 3.05) is 49.3 Å². The first-order valence-electron chi connectivity index (χ1n) is 10.0. The molecule has 3 aliphatic heterocycles. The first-order chi connectivity index (χ1) is 14.3. The van der Waals surface area contributed by atoms with E-state index >= 15 is 0 Å². The van der Waals surface area contributed by atoms with Crippen molar-refractivity contribution in [2.24, 2.45) is 0 Å². The molecule has 0 aliphatic carbocycles. The van der Waals surface area contributed by atoms with Crippen molar-refractivity contribution in [1.29, 1.82) is 0 Å². The first kappa shape index (κ1) is 19.0. The van der Waals surface area contributed by atoms with Gasteiger partial charge in [-0.05, 0) is 23.6 Å². The Labute approximate surface area is 174 Å². The van der Waals surface area contributed by atoms with Crippen LogP contribution in [0.5, 0.6) is 0 Å². The Bertz CT molecular complexity index is 836. The lowest BCUT2D eigenvalue weighted by Crippen LogP contribution is -2.49. The highest BCUT2D eigenvalue weighted by molar-refractivity contribution is 6.28. The molecule has 9 heteroatoms. The molecule has 3 saturated heterocycles. The van der Waals surface area contributed by atoms with Gasteiger partial charge < -0.3 is 24.0 Å². The summed E-state index contributed by atoms with van der Waals surface area (Å²) in [5.41, 5.74) is 1.17. The molecule has 3 aliphatic rings. The van der Waals surface area contributed by atoms with Crippen molar-refractivity contribution >= 4 is 23.5 Å². The summed E-state index contributed by atoms with van der Waals surface area (Å²) in [5, 5.41) is 0.212. The van der Waals surface area contributed by atoms with E-state index in [4.69, 9.17) is 30.8 Å². The van der Waals surface area contributed by atoms with Crippen molar-refractivity contribution < 1.29 is 14.2 Å². The molecule has 3 atom stereocenters. The van der Waals surface area contributed by atoms with E-state index in [1.807, 2.05) is 18.2 Å². The van der Waals surface area contributed by atoms with Gasteiger partial charge in [-0.25, -0.2) is 0 Å². The third-order valence-corrected chi connectivity index (χ3v) is 5.87. The van der Waals surface area contributed by atoms with Crippen molar-refractivity contribution in [3.05, 3.63) is 41.2 Å². The lowest BCUT2D eigenvalue weighted by Gasteiger charge is -2.36. The average molecular weight is 418 g/mol. The fraction of sp³-hybridized carbons (Fsp3) is 0.550. The van der Waals surface area contributed by atoms with Crippen LogP contribution in [0.3, 0.4) is 0 Å². The maximum Gasteiger partial charge on any atom is 0.232 e. The minimum absolute atomic E-state index is 0.0603. The second-order valence-corrected chi connectivity index (χ2v) is 7.88. The summed E-state index contributed by atoms with van der Waals surface area (Å²) in [6.45, 7) is 4.63. The van der Waals surface area contributed by atoms with E-state index in [1.165, 1.54) is 5.56 Å². The second kappa shape index (κ2) is 8.39. The fourth-order valence-corrected chi connectivity index (χ4v) is 4.42. The van der Waals surface area contributed by atoms with Crippen LogP contribution in [-0.2, 0) is 20.8 Å². The van der Waals surface area contributed by atoms with Gasteiger partial charge in [-0.3, -0.25) is 0 Å². The van der Waals surface area contributed by atoms with Gasteiger partial charge in [-0.2, -0.15) is 15.0 Å². The molecule has 8 nitrogen and oxygen atoms in total. The molecule has 5 rings (SSSR count). The van der Waals surface area contributed by atoms with Crippen molar-refractivity contribution in [3.8, 4) is 0 Å². The van der Waals surface area contributed by atoms with Crippen LogP contribution in [0.2, 0.25) is 5.28 Å². The number of morpholine rings is 2. The molecule has 0 spiro atoms. The molecule has 2 bridgehead atoms. The highest BCUT2D eigenvalue weighted by Crippen LogP contribution is 2.35. The van der Waals surface area contributed by atoms with E-state index in [0.717, 1.165) is 19.5 Å². The number of rotatable bonds is 5. The molecule has 0 saturated carbocycles. The smallest absolute Gasteiger partial charge is 0.232 e. The van der Waals surface area contributed by atoms with Gasteiger partial charge in [-0.15, -0.1) is 0 Å². The third kappa shape index (κ3) is 4.02. The molecule has 0 radical (unpaired) electrons. The minimum atomic E-state index is 0.0603. The lowest BCUT2D eigenvalue weighted by molar-refractivity contribution is 0.0163. The minimum Gasteiger partial charge on any atom is -0.378 e. The molecule has 2 aromatic rings. The predicted molar refractivity (Wildman–Crippen MR) is 108 cm³/mol. The van der Waals surface area contributed by atoms with Crippen LogP contribution < -0.4 is 9.80 Å². The summed E-state index contributed by atoms with van der Waals surface area (Å²) in [7, 11) is 0. The summed E-state index contributed by atoms with van der Waals surface area (Å²) in [4.78, 5) is 17.8. The standard InChI is InChI=1S/C20H24ClN5O3/c21-18-22-19(25-6-8-27-9-7-25)24-20(23-18)26-15-10-17(16(26)13-28-12-15)29-11-14-4-2-1-3-5-14/h1-5,15-17H,6-13H2/t15-,16-,17+/m1/s1. The van der Waals surface area contributed by atoms with Crippen molar-refractivity contribution in [2.45, 2.75) is 31.2 Å². The molecule has 4 heterocycles. The number of halogens is 1. The van der Waals surface area contributed by atoms with E-state index in [9.17, 15) is 0 Å². The zero-order valence-electron chi connectivity index (χ0n) is 16.1. The number of fused-ring (bicyclic) bond motifs is 2. The monoisotopic (exact) mass is 417 g/mol. The summed E-state index contributed by atoms with van der Waals surface area (Å²) in [6.07, 6.45) is 0.943. The highest BCUT2D eigenvalue weighted by Gasteiger charge is 2.46. The van der Waals surface area contributed by atoms with Crippen LogP contribution in [0.25, 0.3) is 0 Å². The van der Waals surface area contributed by atoms with Crippen LogP contribution in [-0.4, -0.2) is 72.7 Å². The number of hydrogen-bond donors (Lipinski definition) is 0. The number of aromatic nitrogens is 3.